The average Bonchev–Trinajstić information content (AvgIpc) is 2.60. The van der Waals surface area contributed by atoms with Crippen molar-refractivity contribution in [2.75, 3.05) is 19.7 Å². The Labute approximate surface area is 169 Å². The second-order valence-corrected chi connectivity index (χ2v) is 7.82. The van der Waals surface area contributed by atoms with E-state index in [0.717, 1.165) is 12.8 Å². The number of carbonyl (C=O) groups is 1. The van der Waals surface area contributed by atoms with E-state index >= 15 is 0 Å². The third-order valence-electron chi connectivity index (χ3n) is 4.16. The zero-order valence-corrected chi connectivity index (χ0v) is 17.0. The summed E-state index contributed by atoms with van der Waals surface area (Å²) in [7, 11) is 0. The van der Waals surface area contributed by atoms with Crippen LogP contribution in [-0.4, -0.2) is 48.2 Å². The minimum atomic E-state index is -0.601. The van der Waals surface area contributed by atoms with Crippen molar-refractivity contribution >= 4 is 23.7 Å². The highest BCUT2D eigenvalue weighted by Crippen LogP contribution is 2.31. The fraction of sp³-hybridized carbons (Fsp3) is 0.526. The first-order valence-corrected chi connectivity index (χ1v) is 9.38. The Morgan fingerprint density at radius 3 is 2.48 bits per heavy atom. The van der Waals surface area contributed by atoms with Crippen molar-refractivity contribution in [1.29, 1.82) is 0 Å². The molecule has 1 saturated heterocycles. The number of hydrogen-bond acceptors (Lipinski definition) is 4. The van der Waals surface area contributed by atoms with Gasteiger partial charge in [0.1, 0.15) is 17.0 Å². The summed E-state index contributed by atoms with van der Waals surface area (Å²) >= 11 is 0. The third kappa shape index (κ3) is 7.13. The van der Waals surface area contributed by atoms with E-state index in [-0.39, 0.29) is 35.4 Å². The quantitative estimate of drug-likeness (QED) is 0.514. The number of benzene rings is 1. The van der Waals surface area contributed by atoms with Gasteiger partial charge >= 0.3 is 6.09 Å². The second-order valence-electron chi connectivity index (χ2n) is 7.82. The summed E-state index contributed by atoms with van der Waals surface area (Å²) in [6.45, 7) is 7.03. The molecule has 2 rings (SSSR count). The van der Waals surface area contributed by atoms with Crippen LogP contribution >= 0.6 is 0 Å². The number of nitrogens with zero attached hydrogens (tertiary/aromatic N) is 3. The summed E-state index contributed by atoms with van der Waals surface area (Å²) in [4.78, 5) is 21.3. The zero-order valence-electron chi connectivity index (χ0n) is 17.0. The number of halogens is 1. The molecule has 0 aromatic heterocycles. The van der Waals surface area contributed by atoms with Crippen LogP contribution in [0.1, 0.15) is 33.6 Å². The molecule has 1 fully saturated rings. The zero-order chi connectivity index (χ0) is 21.6. The Morgan fingerprint density at radius 2 is 1.90 bits per heavy atom. The number of piperidine rings is 1. The number of rotatable bonds is 4. The smallest absolute Gasteiger partial charge is 0.410 e. The van der Waals surface area contributed by atoms with Crippen molar-refractivity contribution in [3.63, 3.8) is 0 Å². The van der Waals surface area contributed by atoms with Gasteiger partial charge in [0.25, 0.3) is 0 Å². The maximum atomic E-state index is 14.2. The van der Waals surface area contributed by atoms with Crippen molar-refractivity contribution in [3.8, 4) is 5.75 Å². The number of ether oxygens (including phenoxy) is 2. The topological polar surface area (TPSA) is 142 Å². The standard InChI is InChI=1S/C19H29FN6O3/c1-19(2,3)29-18(27)26-9-7-12(8-10-26)11-28-14-6-4-5-13(20)15(14)24-17(23)25-16(21)22/h4-6,12H,7-11H2,1-3H3,(H6,21,22,23,24,25). The van der Waals surface area contributed by atoms with Crippen LogP contribution < -0.4 is 21.9 Å². The molecule has 1 aliphatic heterocycles. The Bertz CT molecular complexity index is 779. The predicted molar refractivity (Wildman–Crippen MR) is 110 cm³/mol. The molecule has 9 nitrogen and oxygen atoms in total. The molecule has 1 aliphatic rings. The minimum absolute atomic E-state index is 0.0683. The van der Waals surface area contributed by atoms with Crippen LogP contribution in [0.5, 0.6) is 5.75 Å². The van der Waals surface area contributed by atoms with Gasteiger partial charge in [0.05, 0.1) is 6.61 Å². The Kier molecular flexibility index (Phi) is 7.24. The lowest BCUT2D eigenvalue weighted by Crippen LogP contribution is -2.42. The van der Waals surface area contributed by atoms with Crippen molar-refractivity contribution in [2.24, 2.45) is 33.1 Å². The van der Waals surface area contributed by atoms with Gasteiger partial charge in [-0.05, 0) is 51.7 Å². The molecule has 6 N–H and O–H groups in total. The van der Waals surface area contributed by atoms with E-state index in [1.165, 1.54) is 12.1 Å². The molecule has 1 amide bonds. The maximum Gasteiger partial charge on any atom is 0.410 e. The van der Waals surface area contributed by atoms with Crippen LogP contribution in [0.3, 0.4) is 0 Å². The Balaban J connectivity index is 1.96. The lowest BCUT2D eigenvalue weighted by Gasteiger charge is -2.33. The fourth-order valence-electron chi connectivity index (χ4n) is 2.81. The van der Waals surface area contributed by atoms with E-state index in [0.29, 0.717) is 19.7 Å². The van der Waals surface area contributed by atoms with Gasteiger partial charge in [0.2, 0.25) is 5.96 Å². The van der Waals surface area contributed by atoms with Crippen LogP contribution in [0, 0.1) is 11.7 Å². The molecule has 0 radical (unpaired) electrons. The Hall–Kier alpha value is -3.04. The number of likely N-dealkylation sites (tertiary alicyclic amines) is 1. The highest BCUT2D eigenvalue weighted by Gasteiger charge is 2.27. The molecule has 1 aromatic carbocycles. The van der Waals surface area contributed by atoms with Gasteiger partial charge in [-0.3, -0.25) is 0 Å². The molecule has 0 saturated carbocycles. The van der Waals surface area contributed by atoms with Gasteiger partial charge in [-0.1, -0.05) is 6.07 Å². The molecular formula is C19H29FN6O3. The van der Waals surface area contributed by atoms with Crippen LogP contribution in [0.15, 0.2) is 28.2 Å². The van der Waals surface area contributed by atoms with E-state index in [1.807, 2.05) is 20.8 Å². The summed E-state index contributed by atoms with van der Waals surface area (Å²) in [5.41, 5.74) is 15.5. The SMILES string of the molecule is CC(C)(C)OC(=O)N1CCC(COc2cccc(F)c2N=C(N)N=C(N)N)CC1. The van der Waals surface area contributed by atoms with E-state index in [2.05, 4.69) is 9.98 Å². The number of aliphatic imine (C=N–C) groups is 2. The molecule has 0 aliphatic carbocycles. The van der Waals surface area contributed by atoms with Crippen molar-refractivity contribution in [1.82, 2.24) is 4.90 Å². The number of hydrogen-bond donors (Lipinski definition) is 3. The molecule has 10 heteroatoms. The third-order valence-corrected chi connectivity index (χ3v) is 4.16. The number of amides is 1. The highest BCUT2D eigenvalue weighted by atomic mass is 19.1. The van der Waals surface area contributed by atoms with E-state index in [9.17, 15) is 9.18 Å². The molecule has 29 heavy (non-hydrogen) atoms. The van der Waals surface area contributed by atoms with Gasteiger partial charge in [0.15, 0.2) is 11.8 Å². The highest BCUT2D eigenvalue weighted by molar-refractivity contribution is 5.93. The molecule has 1 heterocycles. The van der Waals surface area contributed by atoms with E-state index in [1.54, 1.807) is 11.0 Å². The van der Waals surface area contributed by atoms with Gasteiger partial charge in [-0.25, -0.2) is 14.2 Å². The van der Waals surface area contributed by atoms with Crippen LogP contribution in [-0.2, 0) is 4.74 Å². The van der Waals surface area contributed by atoms with Crippen LogP contribution in [0.4, 0.5) is 14.9 Å². The Morgan fingerprint density at radius 1 is 1.24 bits per heavy atom. The predicted octanol–water partition coefficient (Wildman–Crippen LogP) is 2.07. The number of para-hydroxylation sites is 1. The van der Waals surface area contributed by atoms with Gasteiger partial charge in [0, 0.05) is 13.1 Å². The summed E-state index contributed by atoms with van der Waals surface area (Å²) < 4.78 is 25.4. The van der Waals surface area contributed by atoms with Crippen molar-refractivity contribution < 1.29 is 18.7 Å². The van der Waals surface area contributed by atoms with Crippen molar-refractivity contribution in [3.05, 3.63) is 24.0 Å². The molecule has 0 unspecified atom stereocenters. The minimum Gasteiger partial charge on any atom is -0.491 e. The molecule has 0 spiro atoms. The molecule has 160 valence electrons. The van der Waals surface area contributed by atoms with E-state index < -0.39 is 11.4 Å². The molecule has 0 atom stereocenters. The largest absolute Gasteiger partial charge is 0.491 e. The lowest BCUT2D eigenvalue weighted by molar-refractivity contribution is 0.0165. The van der Waals surface area contributed by atoms with Gasteiger partial charge < -0.3 is 31.6 Å². The van der Waals surface area contributed by atoms with Crippen LogP contribution in [0.2, 0.25) is 0 Å². The fourth-order valence-corrected chi connectivity index (χ4v) is 2.81. The summed E-state index contributed by atoms with van der Waals surface area (Å²) in [6.07, 6.45) is 1.20. The number of nitrogens with two attached hydrogens (primary N) is 3. The molecule has 0 bridgehead atoms. The molecular weight excluding hydrogens is 379 g/mol. The van der Waals surface area contributed by atoms with Gasteiger partial charge in [-0.15, -0.1) is 0 Å². The first-order valence-electron chi connectivity index (χ1n) is 9.38. The summed E-state index contributed by atoms with van der Waals surface area (Å²) in [5.74, 6) is -0.694. The number of guanidine groups is 2. The monoisotopic (exact) mass is 408 g/mol. The molecule has 1 aromatic rings. The van der Waals surface area contributed by atoms with E-state index in [4.69, 9.17) is 26.7 Å². The van der Waals surface area contributed by atoms with Gasteiger partial charge in [-0.2, -0.15) is 4.99 Å². The normalized spacial score (nSPS) is 15.7. The first-order chi connectivity index (χ1) is 13.5. The summed E-state index contributed by atoms with van der Waals surface area (Å²) in [5, 5.41) is 0. The maximum absolute atomic E-state index is 14.2. The first kappa shape index (κ1) is 22.3. The van der Waals surface area contributed by atoms with Crippen LogP contribution in [0.25, 0.3) is 0 Å². The number of carbonyl (C=O) groups excluding carboxylic acids is 1. The second kappa shape index (κ2) is 9.44. The lowest BCUT2D eigenvalue weighted by atomic mass is 9.98. The van der Waals surface area contributed by atoms with Crippen molar-refractivity contribution in [2.45, 2.75) is 39.2 Å². The summed E-state index contributed by atoms with van der Waals surface area (Å²) in [6, 6.07) is 4.36. The average molecular weight is 408 g/mol.